The number of nitrogens with zero attached hydrogens (tertiary/aromatic N) is 1. The van der Waals surface area contributed by atoms with Crippen LogP contribution in [-0.4, -0.2) is 0 Å². The number of benzene rings is 3. The Morgan fingerprint density at radius 3 is 2.04 bits per heavy atom. The van der Waals surface area contributed by atoms with Crippen molar-refractivity contribution in [2.24, 2.45) is 0 Å². The zero-order valence-electron chi connectivity index (χ0n) is 12.9. The molecule has 0 bridgehead atoms. The van der Waals surface area contributed by atoms with Gasteiger partial charge in [-0.25, -0.2) is 4.57 Å². The lowest BCUT2D eigenvalue weighted by molar-refractivity contribution is -0.688. The molecule has 23 heavy (non-hydrogen) atoms. The van der Waals surface area contributed by atoms with Gasteiger partial charge in [-0.2, -0.15) is 0 Å². The predicted octanol–water partition coefficient (Wildman–Crippen LogP) is 4.84. The molecule has 0 radical (unpaired) electrons. The lowest BCUT2D eigenvalue weighted by Gasteiger charge is -2.04. The molecule has 1 heterocycles. The van der Waals surface area contributed by atoms with Crippen LogP contribution in [0, 0.1) is 0 Å². The van der Waals surface area contributed by atoms with Gasteiger partial charge in [0, 0.05) is 17.7 Å². The highest BCUT2D eigenvalue weighted by molar-refractivity contribution is 5.87. The molecular weight excluding hydrogens is 278 g/mol. The van der Waals surface area contributed by atoms with Crippen molar-refractivity contribution >= 4 is 10.8 Å². The summed E-state index contributed by atoms with van der Waals surface area (Å²) in [6.07, 6.45) is 4.30. The van der Waals surface area contributed by atoms with Gasteiger partial charge < -0.3 is 0 Å². The Hall–Kier alpha value is -2.93. The zero-order valence-corrected chi connectivity index (χ0v) is 12.9. The van der Waals surface area contributed by atoms with E-state index in [1.807, 2.05) is 0 Å². The van der Waals surface area contributed by atoms with E-state index in [0.29, 0.717) is 0 Å². The second-order valence-corrected chi connectivity index (χ2v) is 5.81. The second kappa shape index (κ2) is 6.05. The van der Waals surface area contributed by atoms with E-state index < -0.39 is 0 Å². The van der Waals surface area contributed by atoms with Crippen molar-refractivity contribution in [1.29, 1.82) is 0 Å². The molecule has 4 aromatic rings. The third kappa shape index (κ3) is 3.00. The Balaban J connectivity index is 1.61. The first kappa shape index (κ1) is 13.7. The van der Waals surface area contributed by atoms with Crippen molar-refractivity contribution < 1.29 is 4.57 Å². The van der Waals surface area contributed by atoms with Gasteiger partial charge in [-0.1, -0.05) is 66.7 Å². The molecule has 0 aliphatic heterocycles. The summed E-state index contributed by atoms with van der Waals surface area (Å²) in [5.41, 5.74) is 3.83. The van der Waals surface area contributed by atoms with E-state index in [4.69, 9.17) is 0 Å². The normalized spacial score (nSPS) is 10.8. The van der Waals surface area contributed by atoms with Crippen molar-refractivity contribution in [3.63, 3.8) is 0 Å². The van der Waals surface area contributed by atoms with Gasteiger partial charge in [0.05, 0.1) is 0 Å². The van der Waals surface area contributed by atoms with Crippen molar-refractivity contribution in [2.75, 3.05) is 0 Å². The van der Waals surface area contributed by atoms with E-state index >= 15 is 0 Å². The van der Waals surface area contributed by atoms with Crippen LogP contribution < -0.4 is 4.57 Å². The summed E-state index contributed by atoms with van der Waals surface area (Å²) >= 11 is 0. The SMILES string of the molecule is c1ccc(C[n+]2ccc(-c3ccc4ccccc4c3)cc2)cc1. The largest absolute Gasteiger partial charge is 0.201 e. The Bertz CT molecular complexity index is 925. The van der Waals surface area contributed by atoms with Crippen LogP contribution in [-0.2, 0) is 6.54 Å². The quantitative estimate of drug-likeness (QED) is 0.476. The first-order valence-corrected chi connectivity index (χ1v) is 7.91. The molecule has 0 fully saturated rings. The third-order valence-corrected chi connectivity index (χ3v) is 4.18. The smallest absolute Gasteiger partial charge is 0.173 e. The molecule has 1 aromatic heterocycles. The van der Waals surface area contributed by atoms with E-state index in [0.717, 1.165) is 6.54 Å². The number of hydrogen-bond acceptors (Lipinski definition) is 0. The molecule has 0 amide bonds. The molecule has 0 aliphatic carbocycles. The molecule has 0 aliphatic rings. The fourth-order valence-corrected chi connectivity index (χ4v) is 2.92. The van der Waals surface area contributed by atoms with Gasteiger partial charge in [0.1, 0.15) is 0 Å². The highest BCUT2D eigenvalue weighted by Crippen LogP contribution is 2.23. The molecule has 1 nitrogen and oxygen atoms in total. The number of hydrogen-bond donors (Lipinski definition) is 0. The molecule has 0 atom stereocenters. The average molecular weight is 296 g/mol. The van der Waals surface area contributed by atoms with Crippen LogP contribution in [0.15, 0.2) is 97.3 Å². The number of aromatic nitrogens is 1. The van der Waals surface area contributed by atoms with Crippen LogP contribution in [0.5, 0.6) is 0 Å². The lowest BCUT2D eigenvalue weighted by Crippen LogP contribution is -2.32. The molecule has 0 saturated carbocycles. The maximum absolute atomic E-state index is 2.26. The molecule has 1 heteroatoms. The van der Waals surface area contributed by atoms with E-state index in [-0.39, 0.29) is 0 Å². The monoisotopic (exact) mass is 296 g/mol. The highest BCUT2D eigenvalue weighted by atomic mass is 14.9. The van der Waals surface area contributed by atoms with Gasteiger partial charge in [0.15, 0.2) is 18.9 Å². The standard InChI is InChI=1S/C22H18N/c1-2-6-18(7-3-1)17-23-14-12-20(13-15-23)22-11-10-19-8-4-5-9-21(19)16-22/h1-16H,17H2/q+1. The van der Waals surface area contributed by atoms with Crippen LogP contribution in [0.1, 0.15) is 5.56 Å². The van der Waals surface area contributed by atoms with E-state index in [1.165, 1.54) is 27.5 Å². The summed E-state index contributed by atoms with van der Waals surface area (Å²) in [5, 5.41) is 2.57. The predicted molar refractivity (Wildman–Crippen MR) is 95.1 cm³/mol. The lowest BCUT2D eigenvalue weighted by atomic mass is 10.0. The van der Waals surface area contributed by atoms with Gasteiger partial charge in [-0.3, -0.25) is 0 Å². The van der Waals surface area contributed by atoms with Crippen molar-refractivity contribution in [3.8, 4) is 11.1 Å². The fourth-order valence-electron chi connectivity index (χ4n) is 2.92. The van der Waals surface area contributed by atoms with E-state index in [2.05, 4.69) is 102 Å². The minimum absolute atomic E-state index is 0.902. The topological polar surface area (TPSA) is 3.88 Å². The summed E-state index contributed by atoms with van der Waals surface area (Å²) in [7, 11) is 0. The zero-order chi connectivity index (χ0) is 15.5. The molecule has 4 rings (SSSR count). The van der Waals surface area contributed by atoms with Gasteiger partial charge in [-0.15, -0.1) is 0 Å². The molecular formula is C22H18N+. The summed E-state index contributed by atoms with van der Waals surface area (Å²) in [6.45, 7) is 0.902. The van der Waals surface area contributed by atoms with Crippen molar-refractivity contribution in [3.05, 3.63) is 103 Å². The Kier molecular flexibility index (Phi) is 3.61. The fraction of sp³-hybridized carbons (Fsp3) is 0.0455. The van der Waals surface area contributed by atoms with Gasteiger partial charge in [-0.05, 0) is 28.0 Å². The van der Waals surface area contributed by atoms with Crippen LogP contribution in [0.2, 0.25) is 0 Å². The van der Waals surface area contributed by atoms with Crippen LogP contribution in [0.25, 0.3) is 21.9 Å². The molecule has 3 aromatic carbocycles. The summed E-state index contributed by atoms with van der Waals surface area (Å²) in [4.78, 5) is 0. The minimum atomic E-state index is 0.902. The van der Waals surface area contributed by atoms with Crippen LogP contribution >= 0.6 is 0 Å². The first-order chi connectivity index (χ1) is 11.4. The van der Waals surface area contributed by atoms with Gasteiger partial charge in [0.2, 0.25) is 0 Å². The Labute approximate surface area is 136 Å². The second-order valence-electron chi connectivity index (χ2n) is 5.81. The summed E-state index contributed by atoms with van der Waals surface area (Å²) in [5.74, 6) is 0. The van der Waals surface area contributed by atoms with E-state index in [1.54, 1.807) is 0 Å². The molecule has 0 unspecified atom stereocenters. The summed E-state index contributed by atoms with van der Waals surface area (Å²) < 4.78 is 2.21. The van der Waals surface area contributed by atoms with Crippen LogP contribution in [0.4, 0.5) is 0 Å². The number of fused-ring (bicyclic) bond motifs is 1. The van der Waals surface area contributed by atoms with Crippen LogP contribution in [0.3, 0.4) is 0 Å². The minimum Gasteiger partial charge on any atom is -0.201 e. The number of pyridine rings is 1. The molecule has 0 saturated heterocycles. The third-order valence-electron chi connectivity index (χ3n) is 4.18. The summed E-state index contributed by atoms with van der Waals surface area (Å²) in [6, 6.07) is 30.0. The molecule has 110 valence electrons. The van der Waals surface area contributed by atoms with Crippen molar-refractivity contribution in [2.45, 2.75) is 6.54 Å². The maximum atomic E-state index is 2.26. The van der Waals surface area contributed by atoms with Crippen molar-refractivity contribution in [1.82, 2.24) is 0 Å². The number of rotatable bonds is 3. The Morgan fingerprint density at radius 1 is 0.565 bits per heavy atom. The van der Waals surface area contributed by atoms with E-state index in [9.17, 15) is 0 Å². The van der Waals surface area contributed by atoms with Gasteiger partial charge in [0.25, 0.3) is 0 Å². The van der Waals surface area contributed by atoms with Gasteiger partial charge >= 0.3 is 0 Å². The first-order valence-electron chi connectivity index (χ1n) is 7.91. The average Bonchev–Trinajstić information content (AvgIpc) is 2.63. The molecule has 0 spiro atoms. The Morgan fingerprint density at radius 2 is 1.26 bits per heavy atom. The molecule has 0 N–H and O–H groups in total. The maximum Gasteiger partial charge on any atom is 0.173 e. The highest BCUT2D eigenvalue weighted by Gasteiger charge is 2.05.